The van der Waals surface area contributed by atoms with Crippen LogP contribution < -0.4 is 22.1 Å². The molecule has 8 N–H and O–H groups in total. The highest BCUT2D eigenvalue weighted by Crippen LogP contribution is 2.35. The lowest BCUT2D eigenvalue weighted by Crippen LogP contribution is -2.62. The maximum Gasteiger partial charge on any atom is 0.317 e. The average molecular weight is 656 g/mol. The topological polar surface area (TPSA) is 238 Å². The number of nitrogens with one attached hydrogen (secondary N) is 2. The molecule has 0 aromatic rings. The Bertz CT molecular complexity index is 1000. The molecule has 0 radical (unpaired) electrons. The molecule has 0 spiro atoms. The zero-order chi connectivity index (χ0) is 34.0. The van der Waals surface area contributed by atoms with Crippen LogP contribution in [0.4, 0.5) is 0 Å². The van der Waals surface area contributed by atoms with E-state index in [0.717, 1.165) is 44.8 Å². The lowest BCUT2D eigenvalue weighted by molar-refractivity contribution is -0.143. The molecule has 0 aromatic heterocycles. The van der Waals surface area contributed by atoms with E-state index in [0.29, 0.717) is 39.0 Å². The first kappa shape index (κ1) is 39.2. The molecule has 1 aliphatic carbocycles. The van der Waals surface area contributed by atoms with Crippen LogP contribution in [0.2, 0.25) is 0 Å². The summed E-state index contributed by atoms with van der Waals surface area (Å²) in [7, 11) is 0. The largest absolute Gasteiger partial charge is 0.480 e. The number of aldehydes is 2. The van der Waals surface area contributed by atoms with Crippen LogP contribution in [0.1, 0.15) is 64.2 Å². The SMILES string of the molecule is NC(=O)C(N)CCCCNCOCCCC(=O)NCCC1(N(CC=O)CC(=O)O)CN(CC=O)[C@H]2CCCC[C@@H]2N(CC(=O)O)C1. The van der Waals surface area contributed by atoms with Crippen molar-refractivity contribution >= 4 is 36.3 Å². The summed E-state index contributed by atoms with van der Waals surface area (Å²) in [5, 5.41) is 25.5. The maximum atomic E-state index is 12.7. The molecule has 2 aliphatic rings. The highest BCUT2D eigenvalue weighted by Gasteiger charge is 2.48. The Morgan fingerprint density at radius 2 is 1.67 bits per heavy atom. The summed E-state index contributed by atoms with van der Waals surface area (Å²) < 4.78 is 5.53. The van der Waals surface area contributed by atoms with Gasteiger partial charge in [0.15, 0.2) is 0 Å². The number of aliphatic carboxylic acids is 2. The summed E-state index contributed by atoms with van der Waals surface area (Å²) >= 11 is 0. The molecule has 1 saturated heterocycles. The normalized spacial score (nSPS) is 22.8. The summed E-state index contributed by atoms with van der Waals surface area (Å²) in [6.07, 6.45) is 7.82. The van der Waals surface area contributed by atoms with Crippen molar-refractivity contribution in [3.05, 3.63) is 0 Å². The smallest absolute Gasteiger partial charge is 0.317 e. The highest BCUT2D eigenvalue weighted by molar-refractivity contribution is 5.79. The quantitative estimate of drug-likeness (QED) is 0.0388. The Morgan fingerprint density at radius 3 is 2.30 bits per heavy atom. The van der Waals surface area contributed by atoms with E-state index in [1.807, 2.05) is 9.80 Å². The van der Waals surface area contributed by atoms with E-state index in [1.165, 1.54) is 0 Å². The number of fused-ring (bicyclic) bond motifs is 1. The van der Waals surface area contributed by atoms with Crippen LogP contribution in [0.5, 0.6) is 0 Å². The van der Waals surface area contributed by atoms with Gasteiger partial charge in [0.2, 0.25) is 11.8 Å². The number of hydrogen-bond donors (Lipinski definition) is 6. The zero-order valence-electron chi connectivity index (χ0n) is 26.8. The molecule has 1 aliphatic heterocycles. The predicted molar refractivity (Wildman–Crippen MR) is 168 cm³/mol. The van der Waals surface area contributed by atoms with Gasteiger partial charge in [-0.05, 0) is 45.1 Å². The molecule has 0 bridgehead atoms. The minimum absolute atomic E-state index is 0.0905. The minimum atomic E-state index is -1.14. The number of carbonyl (C=O) groups excluding carboxylic acids is 4. The van der Waals surface area contributed by atoms with E-state index in [9.17, 15) is 39.0 Å². The molecule has 16 heteroatoms. The second-order valence-corrected chi connectivity index (χ2v) is 12.2. The van der Waals surface area contributed by atoms with Crippen molar-refractivity contribution in [3.8, 4) is 0 Å². The van der Waals surface area contributed by atoms with Gasteiger partial charge in [0.05, 0.1) is 39.0 Å². The standard InChI is InChI=1S/C30H53N7O9/c31-23(29(32)45)6-3-4-11-33-22-46-17-5-9-26(40)34-12-10-30(37(14-16-39)19-28(43)44)20-35(13-15-38)24-7-1-2-8-25(24)36(21-30)18-27(41)42/h15-16,23-25,33H,1-14,17-22,31H2,(H2,32,45)(H,34,40)(H,41,42)(H,43,44)/t23?,24-,25-,30?/m0/s1. The fourth-order valence-corrected chi connectivity index (χ4v) is 6.65. The van der Waals surface area contributed by atoms with Crippen LogP contribution in [-0.4, -0.2) is 151 Å². The number of ether oxygens (including phenoxy) is 1. The third kappa shape index (κ3) is 13.4. The van der Waals surface area contributed by atoms with Gasteiger partial charge in [-0.15, -0.1) is 0 Å². The van der Waals surface area contributed by atoms with Crippen molar-refractivity contribution in [3.63, 3.8) is 0 Å². The Kier molecular flexibility index (Phi) is 17.9. The second kappa shape index (κ2) is 21.0. The first-order valence-corrected chi connectivity index (χ1v) is 16.2. The average Bonchev–Trinajstić information content (AvgIpc) is 3.12. The van der Waals surface area contributed by atoms with Gasteiger partial charge in [-0.2, -0.15) is 0 Å². The molecule has 2 unspecified atom stereocenters. The summed E-state index contributed by atoms with van der Waals surface area (Å²) in [5.41, 5.74) is 9.71. The Labute approximate surface area is 270 Å². The lowest BCUT2D eigenvalue weighted by Gasteiger charge is -2.45. The summed E-state index contributed by atoms with van der Waals surface area (Å²) in [6.45, 7) is 1.13. The van der Waals surface area contributed by atoms with Gasteiger partial charge in [0, 0.05) is 50.3 Å². The number of amides is 2. The number of rotatable bonds is 24. The third-order valence-electron chi connectivity index (χ3n) is 8.86. The van der Waals surface area contributed by atoms with Gasteiger partial charge in [-0.3, -0.25) is 39.2 Å². The summed E-state index contributed by atoms with van der Waals surface area (Å²) in [5.74, 6) is -2.88. The minimum Gasteiger partial charge on any atom is -0.480 e. The van der Waals surface area contributed by atoms with Gasteiger partial charge in [-0.25, -0.2) is 0 Å². The van der Waals surface area contributed by atoms with Crippen molar-refractivity contribution in [2.45, 2.75) is 87.9 Å². The zero-order valence-corrected chi connectivity index (χ0v) is 26.8. The van der Waals surface area contributed by atoms with Gasteiger partial charge in [0.25, 0.3) is 0 Å². The fourth-order valence-electron chi connectivity index (χ4n) is 6.65. The van der Waals surface area contributed by atoms with Gasteiger partial charge in [-0.1, -0.05) is 19.3 Å². The monoisotopic (exact) mass is 655 g/mol. The number of hydrogen-bond acceptors (Lipinski definition) is 12. The molecule has 16 nitrogen and oxygen atoms in total. The second-order valence-electron chi connectivity index (χ2n) is 12.2. The first-order chi connectivity index (χ1) is 22.0. The molecule has 2 amide bonds. The molecule has 46 heavy (non-hydrogen) atoms. The Balaban J connectivity index is 1.99. The van der Waals surface area contributed by atoms with Gasteiger partial charge >= 0.3 is 11.9 Å². The fraction of sp³-hybridized carbons (Fsp3) is 0.800. The van der Waals surface area contributed by atoms with E-state index >= 15 is 0 Å². The predicted octanol–water partition coefficient (Wildman–Crippen LogP) is -1.64. The number of primary amides is 1. The van der Waals surface area contributed by atoms with Crippen LogP contribution >= 0.6 is 0 Å². The highest BCUT2D eigenvalue weighted by atomic mass is 16.5. The van der Waals surface area contributed by atoms with Crippen LogP contribution in [0, 0.1) is 0 Å². The van der Waals surface area contributed by atoms with Crippen LogP contribution in [-0.2, 0) is 33.5 Å². The van der Waals surface area contributed by atoms with Crippen molar-refractivity contribution in [2.24, 2.45) is 11.5 Å². The molecule has 262 valence electrons. The molecule has 1 saturated carbocycles. The van der Waals surface area contributed by atoms with Crippen molar-refractivity contribution < 1.29 is 43.7 Å². The van der Waals surface area contributed by atoms with E-state index in [1.54, 1.807) is 4.90 Å². The number of carboxylic acids is 2. The van der Waals surface area contributed by atoms with Crippen LogP contribution in [0.25, 0.3) is 0 Å². The van der Waals surface area contributed by atoms with Crippen molar-refractivity contribution in [1.29, 1.82) is 0 Å². The molecular formula is C30H53N7O9. The Hall–Kier alpha value is -3.02. The third-order valence-corrected chi connectivity index (χ3v) is 8.86. The molecular weight excluding hydrogens is 602 g/mol. The molecule has 2 fully saturated rings. The lowest BCUT2D eigenvalue weighted by atomic mass is 9.88. The number of unbranched alkanes of at least 4 members (excludes halogenated alkanes) is 1. The molecule has 1 heterocycles. The van der Waals surface area contributed by atoms with Crippen LogP contribution in [0.15, 0.2) is 0 Å². The molecule has 4 atom stereocenters. The van der Waals surface area contributed by atoms with E-state index < -0.39 is 36.0 Å². The molecule has 0 aromatic carbocycles. The van der Waals surface area contributed by atoms with Gasteiger partial charge in [0.1, 0.15) is 12.6 Å². The summed E-state index contributed by atoms with van der Waals surface area (Å²) in [4.78, 5) is 76.4. The Morgan fingerprint density at radius 1 is 0.978 bits per heavy atom. The maximum absolute atomic E-state index is 12.7. The number of carboxylic acid groups (broad SMARTS) is 2. The van der Waals surface area contributed by atoms with Crippen molar-refractivity contribution in [2.75, 3.05) is 65.7 Å². The van der Waals surface area contributed by atoms with E-state index in [2.05, 4.69) is 10.6 Å². The number of nitrogens with zero attached hydrogens (tertiary/aromatic N) is 3. The number of carbonyl (C=O) groups is 6. The van der Waals surface area contributed by atoms with Crippen molar-refractivity contribution in [1.82, 2.24) is 25.3 Å². The molecule has 2 rings (SSSR count). The van der Waals surface area contributed by atoms with E-state index in [-0.39, 0.29) is 70.1 Å². The van der Waals surface area contributed by atoms with Crippen LogP contribution in [0.3, 0.4) is 0 Å². The van der Waals surface area contributed by atoms with E-state index in [4.69, 9.17) is 16.2 Å². The first-order valence-electron chi connectivity index (χ1n) is 16.2. The summed E-state index contributed by atoms with van der Waals surface area (Å²) in [6, 6.07) is -0.862. The number of nitrogens with two attached hydrogens (primary N) is 2. The van der Waals surface area contributed by atoms with Gasteiger partial charge < -0.3 is 41.3 Å².